The van der Waals surface area contributed by atoms with Crippen molar-refractivity contribution in [1.29, 1.82) is 0 Å². The van der Waals surface area contributed by atoms with Gasteiger partial charge in [-0.15, -0.1) is 0 Å². The van der Waals surface area contributed by atoms with Gasteiger partial charge in [-0.3, -0.25) is 4.79 Å². The third-order valence-electron chi connectivity index (χ3n) is 1.52. The van der Waals surface area contributed by atoms with Crippen LogP contribution in [0.3, 0.4) is 0 Å². The number of carbonyl (C=O) groups is 1. The van der Waals surface area contributed by atoms with E-state index in [0.717, 1.165) is 5.69 Å². The van der Waals surface area contributed by atoms with Gasteiger partial charge in [0.25, 0.3) is 0 Å². The molecular weight excluding hydrogens is 142 g/mol. The van der Waals surface area contributed by atoms with E-state index in [1.807, 2.05) is 11.6 Å². The number of hydrogen-bond acceptors (Lipinski definition) is 3. The predicted molar refractivity (Wildman–Crippen MR) is 41.0 cm³/mol. The quantitative estimate of drug-likeness (QED) is 0.636. The zero-order valence-corrected chi connectivity index (χ0v) is 6.45. The molecule has 60 valence electrons. The maximum atomic E-state index is 10.9. The summed E-state index contributed by atoms with van der Waals surface area (Å²) in [6.45, 7) is 0.102. The molecule has 0 atom stereocenters. The minimum absolute atomic E-state index is 0.0357. The Hall–Kier alpha value is -1.16. The lowest BCUT2D eigenvalue weighted by Crippen LogP contribution is -2.16. The number of nitrogens with zero attached hydrogens (tertiary/aromatic N) is 2. The summed E-state index contributed by atoms with van der Waals surface area (Å²) in [6, 6.07) is 0. The molecule has 1 rings (SSSR count). The van der Waals surface area contributed by atoms with E-state index in [4.69, 9.17) is 5.73 Å². The fourth-order valence-electron chi connectivity index (χ4n) is 0.829. The Labute approximate surface area is 65.0 Å². The predicted octanol–water partition coefficient (Wildman–Crippen LogP) is -0.510. The molecule has 0 amide bonds. The lowest BCUT2D eigenvalue weighted by Gasteiger charge is -1.98. The first-order valence-electron chi connectivity index (χ1n) is 3.41. The molecule has 0 unspecified atom stereocenters. The summed E-state index contributed by atoms with van der Waals surface area (Å²) in [5.41, 5.74) is 6.06. The number of hydrogen-bond donors (Lipinski definition) is 1. The van der Waals surface area contributed by atoms with E-state index in [1.165, 1.54) is 0 Å². The summed E-state index contributed by atoms with van der Waals surface area (Å²) in [7, 11) is 1.85. The summed E-state index contributed by atoms with van der Waals surface area (Å²) in [5.74, 6) is 0.0357. The summed E-state index contributed by atoms with van der Waals surface area (Å²) in [5, 5.41) is 0. The maximum absolute atomic E-state index is 10.9. The lowest BCUT2D eigenvalue weighted by molar-refractivity contribution is -0.117. The monoisotopic (exact) mass is 153 g/mol. The Morgan fingerprint density at radius 3 is 3.00 bits per heavy atom. The van der Waals surface area contributed by atoms with Gasteiger partial charge in [0, 0.05) is 25.4 Å². The van der Waals surface area contributed by atoms with Crippen molar-refractivity contribution in [2.75, 3.05) is 6.54 Å². The van der Waals surface area contributed by atoms with E-state index in [1.54, 1.807) is 12.5 Å². The SMILES string of the molecule is Cn1cncc1CC(=O)CN. The summed E-state index contributed by atoms with van der Waals surface area (Å²) in [6.07, 6.45) is 3.72. The largest absolute Gasteiger partial charge is 0.337 e. The summed E-state index contributed by atoms with van der Waals surface area (Å²) in [4.78, 5) is 14.7. The van der Waals surface area contributed by atoms with E-state index < -0.39 is 0 Å². The number of rotatable bonds is 3. The minimum Gasteiger partial charge on any atom is -0.337 e. The number of imidazole rings is 1. The van der Waals surface area contributed by atoms with Crippen molar-refractivity contribution in [2.45, 2.75) is 6.42 Å². The van der Waals surface area contributed by atoms with Crippen LogP contribution >= 0.6 is 0 Å². The minimum atomic E-state index is 0.0357. The van der Waals surface area contributed by atoms with Gasteiger partial charge in [-0.1, -0.05) is 0 Å². The van der Waals surface area contributed by atoms with Crippen molar-refractivity contribution >= 4 is 5.78 Å². The molecule has 0 bridgehead atoms. The molecule has 1 aromatic rings. The number of ketones is 1. The normalized spacial score (nSPS) is 10.0. The summed E-state index contributed by atoms with van der Waals surface area (Å²) >= 11 is 0. The molecule has 4 heteroatoms. The standard InChI is InChI=1S/C7H11N3O/c1-10-5-9-4-6(10)2-7(11)3-8/h4-5H,2-3,8H2,1H3. The topological polar surface area (TPSA) is 60.9 Å². The van der Waals surface area contributed by atoms with Gasteiger partial charge < -0.3 is 10.3 Å². The molecule has 1 heterocycles. The zero-order valence-electron chi connectivity index (χ0n) is 6.45. The van der Waals surface area contributed by atoms with Gasteiger partial charge in [0.2, 0.25) is 0 Å². The Bertz CT molecular complexity index is 254. The first-order valence-corrected chi connectivity index (χ1v) is 3.41. The number of carbonyl (C=O) groups excluding carboxylic acids is 1. The molecule has 2 N–H and O–H groups in total. The van der Waals surface area contributed by atoms with Gasteiger partial charge in [0.1, 0.15) is 0 Å². The lowest BCUT2D eigenvalue weighted by atomic mass is 10.2. The molecule has 1 aromatic heterocycles. The molecular formula is C7H11N3O. The van der Waals surface area contributed by atoms with Crippen LogP contribution in [0, 0.1) is 0 Å². The van der Waals surface area contributed by atoms with Gasteiger partial charge in [-0.05, 0) is 0 Å². The van der Waals surface area contributed by atoms with Crippen LogP contribution in [0.15, 0.2) is 12.5 Å². The van der Waals surface area contributed by atoms with Gasteiger partial charge in [-0.25, -0.2) is 4.98 Å². The molecule has 0 aliphatic rings. The van der Waals surface area contributed by atoms with Crippen molar-refractivity contribution in [1.82, 2.24) is 9.55 Å². The van der Waals surface area contributed by atoms with Crippen molar-refractivity contribution < 1.29 is 4.79 Å². The van der Waals surface area contributed by atoms with Crippen LogP contribution in [0.1, 0.15) is 5.69 Å². The molecule has 0 fully saturated rings. The average molecular weight is 153 g/mol. The molecule has 4 nitrogen and oxygen atoms in total. The van der Waals surface area contributed by atoms with Crippen LogP contribution in [0.5, 0.6) is 0 Å². The Kier molecular flexibility index (Phi) is 2.38. The molecule has 0 aliphatic heterocycles. The van der Waals surface area contributed by atoms with E-state index >= 15 is 0 Å². The van der Waals surface area contributed by atoms with Gasteiger partial charge in [0.05, 0.1) is 12.9 Å². The van der Waals surface area contributed by atoms with Crippen LogP contribution in [-0.2, 0) is 18.3 Å². The van der Waals surface area contributed by atoms with Gasteiger partial charge in [-0.2, -0.15) is 0 Å². The van der Waals surface area contributed by atoms with Crippen LogP contribution < -0.4 is 5.73 Å². The summed E-state index contributed by atoms with van der Waals surface area (Å²) < 4.78 is 1.81. The molecule has 11 heavy (non-hydrogen) atoms. The van der Waals surface area contributed by atoms with E-state index in [-0.39, 0.29) is 12.3 Å². The highest BCUT2D eigenvalue weighted by Crippen LogP contribution is 1.96. The Morgan fingerprint density at radius 1 is 1.82 bits per heavy atom. The second-order valence-electron chi connectivity index (χ2n) is 2.42. The number of aryl methyl sites for hydroxylation is 1. The van der Waals surface area contributed by atoms with Crippen LogP contribution in [-0.4, -0.2) is 21.9 Å². The first-order chi connectivity index (χ1) is 5.24. The molecule has 0 spiro atoms. The fraction of sp³-hybridized carbons (Fsp3) is 0.429. The number of Topliss-reactive ketones (excluding diaryl/α,β-unsaturated/α-hetero) is 1. The second-order valence-corrected chi connectivity index (χ2v) is 2.42. The van der Waals surface area contributed by atoms with Crippen molar-refractivity contribution in [3.8, 4) is 0 Å². The average Bonchev–Trinajstić information content (AvgIpc) is 2.37. The van der Waals surface area contributed by atoms with Crippen LogP contribution in [0.4, 0.5) is 0 Å². The zero-order chi connectivity index (χ0) is 8.27. The Balaban J connectivity index is 2.64. The Morgan fingerprint density at radius 2 is 2.55 bits per heavy atom. The van der Waals surface area contributed by atoms with Crippen molar-refractivity contribution in [2.24, 2.45) is 12.8 Å². The highest BCUT2D eigenvalue weighted by atomic mass is 16.1. The molecule has 0 aromatic carbocycles. The highest BCUT2D eigenvalue weighted by Gasteiger charge is 2.03. The van der Waals surface area contributed by atoms with Gasteiger partial charge in [0.15, 0.2) is 5.78 Å². The van der Waals surface area contributed by atoms with Crippen molar-refractivity contribution in [3.63, 3.8) is 0 Å². The van der Waals surface area contributed by atoms with Crippen LogP contribution in [0.2, 0.25) is 0 Å². The van der Waals surface area contributed by atoms with Crippen molar-refractivity contribution in [3.05, 3.63) is 18.2 Å². The third-order valence-corrected chi connectivity index (χ3v) is 1.52. The fourth-order valence-corrected chi connectivity index (χ4v) is 0.829. The smallest absolute Gasteiger partial charge is 0.152 e. The molecule has 0 saturated carbocycles. The first kappa shape index (κ1) is 7.94. The van der Waals surface area contributed by atoms with E-state index in [0.29, 0.717) is 6.42 Å². The molecule has 0 aliphatic carbocycles. The number of nitrogens with two attached hydrogens (primary N) is 1. The maximum Gasteiger partial charge on any atom is 0.152 e. The number of aromatic nitrogens is 2. The van der Waals surface area contributed by atoms with E-state index in [2.05, 4.69) is 4.98 Å². The van der Waals surface area contributed by atoms with E-state index in [9.17, 15) is 4.79 Å². The molecule has 0 saturated heterocycles. The molecule has 0 radical (unpaired) electrons. The third kappa shape index (κ3) is 1.88. The second kappa shape index (κ2) is 3.30. The highest BCUT2D eigenvalue weighted by molar-refractivity contribution is 5.82. The van der Waals surface area contributed by atoms with Crippen LogP contribution in [0.25, 0.3) is 0 Å². The van der Waals surface area contributed by atoms with Gasteiger partial charge >= 0.3 is 0 Å².